The fourth-order valence-electron chi connectivity index (χ4n) is 2.25. The Balaban J connectivity index is 1.78. The van der Waals surface area contributed by atoms with Crippen LogP contribution in [0.25, 0.3) is 0 Å². The summed E-state index contributed by atoms with van der Waals surface area (Å²) in [5.74, 6) is -0.414. The SMILES string of the molecule is O=C1CCN(CCCc2cc(F)ccc2F)CC1. The number of carbonyl (C=O) groups excluding carboxylic acids is 1. The molecule has 0 saturated carbocycles. The molecule has 18 heavy (non-hydrogen) atoms. The Bertz CT molecular complexity index is 424. The van der Waals surface area contributed by atoms with E-state index in [-0.39, 0.29) is 5.82 Å². The van der Waals surface area contributed by atoms with Crippen molar-refractivity contribution in [3.8, 4) is 0 Å². The van der Waals surface area contributed by atoms with Gasteiger partial charge in [0, 0.05) is 25.9 Å². The summed E-state index contributed by atoms with van der Waals surface area (Å²) in [6.45, 7) is 2.43. The lowest BCUT2D eigenvalue weighted by Gasteiger charge is -2.25. The number of carbonyl (C=O) groups is 1. The smallest absolute Gasteiger partial charge is 0.135 e. The minimum Gasteiger partial charge on any atom is -0.302 e. The number of likely N-dealkylation sites (tertiary alicyclic amines) is 1. The van der Waals surface area contributed by atoms with Gasteiger partial charge in [-0.15, -0.1) is 0 Å². The Morgan fingerprint density at radius 2 is 1.89 bits per heavy atom. The van der Waals surface area contributed by atoms with Gasteiger partial charge in [-0.2, -0.15) is 0 Å². The topological polar surface area (TPSA) is 20.3 Å². The summed E-state index contributed by atoms with van der Waals surface area (Å²) in [4.78, 5) is 13.3. The van der Waals surface area contributed by atoms with Gasteiger partial charge in [0.15, 0.2) is 0 Å². The Hall–Kier alpha value is -1.29. The summed E-state index contributed by atoms with van der Waals surface area (Å²) < 4.78 is 26.3. The van der Waals surface area contributed by atoms with E-state index in [9.17, 15) is 13.6 Å². The number of halogens is 2. The highest BCUT2D eigenvalue weighted by molar-refractivity contribution is 5.79. The third-order valence-electron chi connectivity index (χ3n) is 3.34. The highest BCUT2D eigenvalue weighted by Crippen LogP contribution is 2.13. The molecule has 0 atom stereocenters. The van der Waals surface area contributed by atoms with Crippen molar-refractivity contribution < 1.29 is 13.6 Å². The first kappa shape index (κ1) is 13.1. The van der Waals surface area contributed by atoms with Crippen LogP contribution in [-0.4, -0.2) is 30.3 Å². The molecule has 0 unspecified atom stereocenters. The minimum absolute atomic E-state index is 0.322. The second kappa shape index (κ2) is 6.05. The van der Waals surface area contributed by atoms with Gasteiger partial charge in [0.05, 0.1) is 0 Å². The summed E-state index contributed by atoms with van der Waals surface area (Å²) in [5, 5.41) is 0. The summed E-state index contributed by atoms with van der Waals surface area (Å²) >= 11 is 0. The van der Waals surface area contributed by atoms with E-state index in [1.165, 1.54) is 12.1 Å². The third-order valence-corrected chi connectivity index (χ3v) is 3.34. The normalized spacial score (nSPS) is 17.1. The Labute approximate surface area is 106 Å². The van der Waals surface area contributed by atoms with E-state index in [1.807, 2.05) is 0 Å². The molecule has 1 heterocycles. The molecule has 1 saturated heterocycles. The average molecular weight is 253 g/mol. The zero-order valence-electron chi connectivity index (χ0n) is 10.3. The van der Waals surface area contributed by atoms with Gasteiger partial charge in [-0.3, -0.25) is 4.79 Å². The summed E-state index contributed by atoms with van der Waals surface area (Å²) in [6, 6.07) is 3.56. The highest BCUT2D eigenvalue weighted by Gasteiger charge is 2.15. The quantitative estimate of drug-likeness (QED) is 0.822. The molecule has 1 aliphatic rings. The highest BCUT2D eigenvalue weighted by atomic mass is 19.1. The first-order valence-electron chi connectivity index (χ1n) is 6.33. The molecule has 1 fully saturated rings. The molecule has 0 aromatic heterocycles. The number of hydrogen-bond acceptors (Lipinski definition) is 2. The summed E-state index contributed by atoms with van der Waals surface area (Å²) in [7, 11) is 0. The van der Waals surface area contributed by atoms with Crippen LogP contribution in [0.1, 0.15) is 24.8 Å². The molecule has 0 aliphatic carbocycles. The van der Waals surface area contributed by atoms with Gasteiger partial charge >= 0.3 is 0 Å². The maximum Gasteiger partial charge on any atom is 0.135 e. The average Bonchev–Trinajstić information content (AvgIpc) is 2.36. The number of aryl methyl sites for hydroxylation is 1. The molecule has 0 radical (unpaired) electrons. The molecule has 1 aromatic carbocycles. The van der Waals surface area contributed by atoms with Crippen molar-refractivity contribution in [1.29, 1.82) is 0 Å². The van der Waals surface area contributed by atoms with Crippen LogP contribution in [-0.2, 0) is 11.2 Å². The van der Waals surface area contributed by atoms with Crippen LogP contribution in [0.2, 0.25) is 0 Å². The summed E-state index contributed by atoms with van der Waals surface area (Å²) in [5.41, 5.74) is 0.433. The zero-order valence-corrected chi connectivity index (χ0v) is 10.3. The molecule has 1 aliphatic heterocycles. The van der Waals surface area contributed by atoms with Gasteiger partial charge in [-0.25, -0.2) is 8.78 Å². The zero-order chi connectivity index (χ0) is 13.0. The van der Waals surface area contributed by atoms with E-state index in [2.05, 4.69) is 4.90 Å². The minimum atomic E-state index is -0.394. The lowest BCUT2D eigenvalue weighted by atomic mass is 10.1. The van der Waals surface area contributed by atoms with E-state index in [0.717, 1.165) is 32.1 Å². The molecular weight excluding hydrogens is 236 g/mol. The van der Waals surface area contributed by atoms with E-state index < -0.39 is 5.82 Å². The van der Waals surface area contributed by atoms with Crippen LogP contribution in [0.4, 0.5) is 8.78 Å². The van der Waals surface area contributed by atoms with Gasteiger partial charge in [0.2, 0.25) is 0 Å². The van der Waals surface area contributed by atoms with Crippen molar-refractivity contribution in [1.82, 2.24) is 4.90 Å². The van der Waals surface area contributed by atoms with E-state index >= 15 is 0 Å². The molecule has 4 heteroatoms. The molecule has 2 rings (SSSR count). The van der Waals surface area contributed by atoms with Gasteiger partial charge < -0.3 is 4.90 Å². The fourth-order valence-corrected chi connectivity index (χ4v) is 2.25. The van der Waals surface area contributed by atoms with Gasteiger partial charge in [-0.05, 0) is 43.1 Å². The lowest BCUT2D eigenvalue weighted by molar-refractivity contribution is -0.121. The van der Waals surface area contributed by atoms with Crippen molar-refractivity contribution in [2.24, 2.45) is 0 Å². The second-order valence-electron chi connectivity index (χ2n) is 4.72. The van der Waals surface area contributed by atoms with E-state index in [4.69, 9.17) is 0 Å². The van der Waals surface area contributed by atoms with Crippen LogP contribution in [0.5, 0.6) is 0 Å². The molecular formula is C14H17F2NO. The Morgan fingerprint density at radius 3 is 2.61 bits per heavy atom. The van der Waals surface area contributed by atoms with Crippen molar-refractivity contribution in [2.75, 3.05) is 19.6 Å². The van der Waals surface area contributed by atoms with Crippen molar-refractivity contribution in [3.63, 3.8) is 0 Å². The number of nitrogens with zero attached hydrogens (tertiary/aromatic N) is 1. The predicted octanol–water partition coefficient (Wildman–Crippen LogP) is 2.56. The first-order chi connectivity index (χ1) is 8.65. The standard InChI is InChI=1S/C14H17F2NO/c15-12-3-4-14(16)11(10-12)2-1-7-17-8-5-13(18)6-9-17/h3-4,10H,1-2,5-9H2. The van der Waals surface area contributed by atoms with Crippen LogP contribution in [0.3, 0.4) is 0 Å². The maximum atomic E-state index is 13.4. The number of Topliss-reactive ketones (excluding diaryl/α,β-unsaturated/α-hetero) is 1. The first-order valence-corrected chi connectivity index (χ1v) is 6.33. The molecule has 0 spiro atoms. The largest absolute Gasteiger partial charge is 0.302 e. The Morgan fingerprint density at radius 1 is 1.17 bits per heavy atom. The number of rotatable bonds is 4. The third kappa shape index (κ3) is 3.60. The molecule has 2 nitrogen and oxygen atoms in total. The van der Waals surface area contributed by atoms with Crippen LogP contribution < -0.4 is 0 Å². The molecule has 1 aromatic rings. The molecule has 98 valence electrons. The lowest BCUT2D eigenvalue weighted by Crippen LogP contribution is -2.34. The van der Waals surface area contributed by atoms with Crippen molar-refractivity contribution in [2.45, 2.75) is 25.7 Å². The van der Waals surface area contributed by atoms with E-state index in [0.29, 0.717) is 30.6 Å². The molecule has 0 amide bonds. The Kier molecular flexibility index (Phi) is 4.42. The van der Waals surface area contributed by atoms with Gasteiger partial charge in [0.1, 0.15) is 17.4 Å². The van der Waals surface area contributed by atoms with Crippen molar-refractivity contribution in [3.05, 3.63) is 35.4 Å². The fraction of sp³-hybridized carbons (Fsp3) is 0.500. The number of piperidine rings is 1. The maximum absolute atomic E-state index is 13.4. The summed E-state index contributed by atoms with van der Waals surface area (Å²) in [6.07, 6.45) is 2.56. The molecule has 0 bridgehead atoms. The van der Waals surface area contributed by atoms with Crippen LogP contribution in [0.15, 0.2) is 18.2 Å². The number of hydrogen-bond donors (Lipinski definition) is 0. The number of ketones is 1. The predicted molar refractivity (Wildman–Crippen MR) is 65.4 cm³/mol. The van der Waals surface area contributed by atoms with Crippen molar-refractivity contribution >= 4 is 5.78 Å². The van der Waals surface area contributed by atoms with Gasteiger partial charge in [-0.1, -0.05) is 0 Å². The molecule has 0 N–H and O–H groups in total. The van der Waals surface area contributed by atoms with Crippen LogP contribution in [0, 0.1) is 11.6 Å². The second-order valence-corrected chi connectivity index (χ2v) is 4.72. The van der Waals surface area contributed by atoms with E-state index in [1.54, 1.807) is 0 Å². The number of benzene rings is 1. The van der Waals surface area contributed by atoms with Crippen LogP contribution >= 0.6 is 0 Å². The monoisotopic (exact) mass is 253 g/mol. The van der Waals surface area contributed by atoms with Gasteiger partial charge in [0.25, 0.3) is 0 Å².